The van der Waals surface area contributed by atoms with Crippen LogP contribution in [0.25, 0.3) is 0 Å². The van der Waals surface area contributed by atoms with Gasteiger partial charge in [-0.3, -0.25) is 9.36 Å². The Balaban J connectivity index is 0.000000320. The highest BCUT2D eigenvalue weighted by molar-refractivity contribution is 5.90. The molecule has 0 spiro atoms. The molecule has 4 aromatic rings. The van der Waals surface area contributed by atoms with Crippen LogP contribution >= 0.6 is 0 Å². The van der Waals surface area contributed by atoms with Crippen LogP contribution in [0, 0.1) is 11.6 Å². The Labute approximate surface area is 351 Å². The van der Waals surface area contributed by atoms with Crippen LogP contribution in [0.15, 0.2) is 48.5 Å². The first-order valence-corrected chi connectivity index (χ1v) is 20.2. The van der Waals surface area contributed by atoms with E-state index in [2.05, 4.69) is 20.8 Å². The molecule has 328 valence electrons. The second-order valence-corrected chi connectivity index (χ2v) is 15.6. The third-order valence-electron chi connectivity index (χ3n) is 8.48. The van der Waals surface area contributed by atoms with Gasteiger partial charge in [0, 0.05) is 42.8 Å². The number of rotatable bonds is 16. The highest BCUT2D eigenvalue weighted by Crippen LogP contribution is 2.23. The van der Waals surface area contributed by atoms with E-state index in [1.807, 2.05) is 13.8 Å². The minimum absolute atomic E-state index is 0.234. The largest absolute Gasteiger partial charge is 0.461 e. The fourth-order valence-corrected chi connectivity index (χ4v) is 6.04. The van der Waals surface area contributed by atoms with Gasteiger partial charge in [-0.25, -0.2) is 28.0 Å². The summed E-state index contributed by atoms with van der Waals surface area (Å²) >= 11 is 0. The predicted octanol–water partition coefficient (Wildman–Crippen LogP) is 7.75. The summed E-state index contributed by atoms with van der Waals surface area (Å²) in [5, 5.41) is 14.4. The molecule has 16 heteroatoms. The normalized spacial score (nSPS) is 11.3. The molecule has 2 amide bonds. The first-order chi connectivity index (χ1) is 28.3. The lowest BCUT2D eigenvalue weighted by molar-refractivity contribution is 0.0501. The Morgan fingerprint density at radius 1 is 0.617 bits per heavy atom. The number of benzene rings is 2. The van der Waals surface area contributed by atoms with Gasteiger partial charge in [0.15, 0.2) is 5.69 Å². The summed E-state index contributed by atoms with van der Waals surface area (Å²) in [7, 11) is 0. The zero-order valence-corrected chi connectivity index (χ0v) is 36.5. The summed E-state index contributed by atoms with van der Waals surface area (Å²) in [6, 6.07) is 12.3. The van der Waals surface area contributed by atoms with Gasteiger partial charge in [-0.15, -0.1) is 0 Å². The number of hydrogen-bond donors (Lipinski definition) is 2. The number of hydrogen-bond acceptors (Lipinski definition) is 10. The highest BCUT2D eigenvalue weighted by Gasteiger charge is 2.26. The monoisotopic (exact) mass is 838 g/mol. The number of halogens is 2. The minimum Gasteiger partial charge on any atom is -0.461 e. The minimum atomic E-state index is -0.594. The quantitative estimate of drug-likeness (QED) is 0.0842. The van der Waals surface area contributed by atoms with Gasteiger partial charge in [-0.05, 0) is 104 Å². The van der Waals surface area contributed by atoms with Crippen molar-refractivity contribution in [1.29, 1.82) is 0 Å². The van der Waals surface area contributed by atoms with Gasteiger partial charge in [0.05, 0.1) is 32.0 Å². The van der Waals surface area contributed by atoms with Crippen LogP contribution in [-0.2, 0) is 57.7 Å². The number of esters is 2. The van der Waals surface area contributed by atoms with E-state index < -0.39 is 35.3 Å². The second-order valence-electron chi connectivity index (χ2n) is 15.6. The summed E-state index contributed by atoms with van der Waals surface area (Å²) in [4.78, 5) is 48.9. The van der Waals surface area contributed by atoms with Crippen molar-refractivity contribution < 1.29 is 46.9 Å². The maximum Gasteiger partial charge on any atom is 0.407 e. The maximum atomic E-state index is 13.3. The first-order valence-electron chi connectivity index (χ1n) is 20.2. The summed E-state index contributed by atoms with van der Waals surface area (Å²) < 4.78 is 50.7. The van der Waals surface area contributed by atoms with Gasteiger partial charge in [0.25, 0.3) is 0 Å². The fourth-order valence-electron chi connectivity index (χ4n) is 6.04. The molecule has 4 rings (SSSR count). The van der Waals surface area contributed by atoms with E-state index in [1.165, 1.54) is 24.3 Å². The third kappa shape index (κ3) is 15.4. The van der Waals surface area contributed by atoms with Crippen molar-refractivity contribution >= 4 is 24.1 Å². The van der Waals surface area contributed by atoms with E-state index >= 15 is 0 Å². The number of carbonyl (C=O) groups excluding carboxylic acids is 4. The molecular weight excluding hydrogens is 779 g/mol. The van der Waals surface area contributed by atoms with E-state index in [0.717, 1.165) is 33.6 Å². The predicted molar refractivity (Wildman–Crippen MR) is 222 cm³/mol. The van der Waals surface area contributed by atoms with Crippen molar-refractivity contribution in [2.45, 2.75) is 119 Å². The van der Waals surface area contributed by atoms with Crippen molar-refractivity contribution in [2.24, 2.45) is 0 Å². The molecule has 0 atom stereocenters. The number of aromatic nitrogens is 4. The number of nitrogens with one attached hydrogen (secondary N) is 2. The second kappa shape index (κ2) is 22.5. The van der Waals surface area contributed by atoms with Crippen LogP contribution in [0.4, 0.5) is 18.4 Å². The van der Waals surface area contributed by atoms with E-state index in [0.29, 0.717) is 44.5 Å². The Kier molecular flexibility index (Phi) is 18.2. The lowest BCUT2D eigenvalue weighted by atomic mass is 10.0. The van der Waals surface area contributed by atoms with Gasteiger partial charge in [-0.1, -0.05) is 38.1 Å². The Hall–Kier alpha value is -5.80. The molecule has 2 N–H and O–H groups in total. The number of nitrogens with zero attached hydrogens (tertiary/aromatic N) is 4. The Morgan fingerprint density at radius 2 is 1.07 bits per heavy atom. The average Bonchev–Trinajstić information content (AvgIpc) is 3.69. The number of alkyl carbamates (subject to hydrolysis) is 2. The molecule has 14 nitrogen and oxygen atoms in total. The molecule has 0 saturated heterocycles. The van der Waals surface area contributed by atoms with Crippen molar-refractivity contribution in [1.82, 2.24) is 30.2 Å². The summed E-state index contributed by atoms with van der Waals surface area (Å²) in [5.41, 5.74) is 4.28. The molecule has 60 heavy (non-hydrogen) atoms. The molecule has 0 radical (unpaired) electrons. The topological polar surface area (TPSA) is 165 Å². The maximum absolute atomic E-state index is 13.3. The van der Waals surface area contributed by atoms with Crippen molar-refractivity contribution in [3.8, 4) is 0 Å². The van der Waals surface area contributed by atoms with Crippen LogP contribution in [0.1, 0.15) is 124 Å². The zero-order chi connectivity index (χ0) is 44.6. The molecule has 0 aliphatic carbocycles. The number of aryl methyl sites for hydroxylation is 1. The third-order valence-corrected chi connectivity index (χ3v) is 8.48. The Bertz CT molecular complexity index is 1990. The van der Waals surface area contributed by atoms with Gasteiger partial charge in [0.2, 0.25) is 0 Å². The zero-order valence-electron chi connectivity index (χ0n) is 36.5. The summed E-state index contributed by atoms with van der Waals surface area (Å²) in [5.74, 6) is -1.60. The molecule has 0 saturated carbocycles. The summed E-state index contributed by atoms with van der Waals surface area (Å²) in [6.07, 6.45) is 1.07. The van der Waals surface area contributed by atoms with Crippen LogP contribution < -0.4 is 10.6 Å². The lowest BCUT2D eigenvalue weighted by Crippen LogP contribution is -2.34. The molecule has 2 aromatic heterocycles. The molecule has 2 aromatic carbocycles. The molecule has 0 unspecified atom stereocenters. The SMILES string of the molecule is CCOC(=O)c1c(Cc2ccc(F)cc2)c(CC)nn1CCNC(=O)OC(C)(C)C.CCOC(=O)c1nn(CCNC(=O)OC(C)(C)C)c(CC)c1Cc1ccc(F)cc1. The van der Waals surface area contributed by atoms with Crippen molar-refractivity contribution in [3.63, 3.8) is 0 Å². The van der Waals surface area contributed by atoms with Crippen molar-refractivity contribution in [3.05, 3.63) is 105 Å². The number of carbonyl (C=O) groups is 4. The first kappa shape index (κ1) is 48.6. The highest BCUT2D eigenvalue weighted by atomic mass is 19.1. The molecule has 0 bridgehead atoms. The average molecular weight is 839 g/mol. The van der Waals surface area contributed by atoms with Crippen LogP contribution in [-0.4, -0.2) is 81.2 Å². The number of amides is 2. The van der Waals surface area contributed by atoms with E-state index in [-0.39, 0.29) is 43.6 Å². The number of ether oxygens (including phenoxy) is 4. The molecule has 0 fully saturated rings. The van der Waals surface area contributed by atoms with Gasteiger partial charge >= 0.3 is 24.1 Å². The van der Waals surface area contributed by atoms with E-state index in [1.54, 1.807) is 89.0 Å². The standard InChI is InChI=1S/2C22H30FN3O4/c1-6-18-17(14-15-8-10-16(23)11-9-15)19(20(27)29-7-2)25-26(18)13-12-24-21(28)30-22(3,4)5;1-6-18-17(14-15-8-10-16(23)11-9-15)19(20(27)29-7-2)26(25-18)13-12-24-21(28)30-22(3,4)5/h2*8-11H,6-7,12-14H2,1-5H3,(H,24,28). The van der Waals surface area contributed by atoms with E-state index in [4.69, 9.17) is 18.9 Å². The molecule has 0 aliphatic heterocycles. The smallest absolute Gasteiger partial charge is 0.407 e. The van der Waals surface area contributed by atoms with E-state index in [9.17, 15) is 28.0 Å². The van der Waals surface area contributed by atoms with Crippen LogP contribution in [0.2, 0.25) is 0 Å². The molecule has 0 aliphatic rings. The molecule has 2 heterocycles. The van der Waals surface area contributed by atoms with Gasteiger partial charge in [0.1, 0.15) is 28.5 Å². The summed E-state index contributed by atoms with van der Waals surface area (Å²) in [6.45, 7) is 19.8. The molecular formula is C44H60F2N6O8. The lowest BCUT2D eigenvalue weighted by Gasteiger charge is -2.19. The Morgan fingerprint density at radius 3 is 1.50 bits per heavy atom. The van der Waals surface area contributed by atoms with Gasteiger partial charge in [-0.2, -0.15) is 10.2 Å². The van der Waals surface area contributed by atoms with Gasteiger partial charge < -0.3 is 29.6 Å². The fraction of sp³-hybridized carbons (Fsp3) is 0.500. The van der Waals surface area contributed by atoms with Crippen molar-refractivity contribution in [2.75, 3.05) is 26.3 Å². The van der Waals surface area contributed by atoms with Crippen LogP contribution in [0.3, 0.4) is 0 Å². The van der Waals surface area contributed by atoms with Crippen LogP contribution in [0.5, 0.6) is 0 Å².